The van der Waals surface area contributed by atoms with Crippen LogP contribution in [0.25, 0.3) is 0 Å². The molecule has 1 N–H and O–H groups in total. The van der Waals surface area contributed by atoms with Crippen LogP contribution in [0.5, 0.6) is 5.75 Å². The third kappa shape index (κ3) is 2.66. The van der Waals surface area contributed by atoms with Crippen molar-refractivity contribution in [2.75, 3.05) is 6.61 Å². The summed E-state index contributed by atoms with van der Waals surface area (Å²) in [7, 11) is 0. The van der Waals surface area contributed by atoms with Gasteiger partial charge < -0.3 is 4.74 Å². The molecular formula is C19H23N3O2. The van der Waals surface area contributed by atoms with Gasteiger partial charge in [-0.15, -0.1) is 0 Å². The van der Waals surface area contributed by atoms with Gasteiger partial charge in [-0.2, -0.15) is 10.4 Å². The molecule has 2 aliphatic carbocycles. The lowest BCUT2D eigenvalue weighted by atomic mass is 9.70. The van der Waals surface area contributed by atoms with E-state index in [1.165, 1.54) is 6.42 Å². The molecule has 0 aliphatic heterocycles. The summed E-state index contributed by atoms with van der Waals surface area (Å²) in [6.07, 6.45) is 3.36. The van der Waals surface area contributed by atoms with Gasteiger partial charge in [0.25, 0.3) is 5.91 Å². The number of nitriles is 1. The number of ether oxygens (including phenoxy) is 1. The molecule has 0 heterocycles. The second-order valence-corrected chi connectivity index (χ2v) is 7.51. The monoisotopic (exact) mass is 325 g/mol. The predicted molar refractivity (Wildman–Crippen MR) is 91.5 cm³/mol. The van der Waals surface area contributed by atoms with Gasteiger partial charge in [0.05, 0.1) is 11.6 Å². The molecule has 0 spiro atoms. The number of hydrazone groups is 1. The molecule has 5 heteroatoms. The van der Waals surface area contributed by atoms with E-state index in [0.29, 0.717) is 17.2 Å². The van der Waals surface area contributed by atoms with E-state index in [0.717, 1.165) is 18.6 Å². The van der Waals surface area contributed by atoms with Gasteiger partial charge in [-0.1, -0.05) is 20.8 Å². The first-order valence-electron chi connectivity index (χ1n) is 8.35. The normalized spacial score (nSPS) is 28.6. The summed E-state index contributed by atoms with van der Waals surface area (Å²) in [6.45, 7) is 6.79. The minimum atomic E-state index is -0.268. The largest absolute Gasteiger partial charge is 0.484 e. The summed E-state index contributed by atoms with van der Waals surface area (Å²) >= 11 is 0. The number of hydrogen-bond donors (Lipinski definition) is 1. The van der Waals surface area contributed by atoms with Crippen LogP contribution in [0, 0.1) is 28.1 Å². The SMILES string of the molecule is CC1(C)[C@H]2CC[C@]1(C)/C(=N/NC(=O)COc1ccc(C#N)cc1)C2. The molecule has 3 rings (SSSR count). The lowest BCUT2D eigenvalue weighted by molar-refractivity contribution is -0.123. The second-order valence-electron chi connectivity index (χ2n) is 7.51. The molecule has 0 saturated heterocycles. The molecule has 0 unspecified atom stereocenters. The zero-order chi connectivity index (χ0) is 17.4. The Morgan fingerprint density at radius 1 is 1.38 bits per heavy atom. The highest BCUT2D eigenvalue weighted by Gasteiger charge is 2.59. The summed E-state index contributed by atoms with van der Waals surface area (Å²) in [6, 6.07) is 8.71. The van der Waals surface area contributed by atoms with Crippen molar-refractivity contribution >= 4 is 11.6 Å². The number of carbonyl (C=O) groups excluding carboxylic acids is 1. The first kappa shape index (κ1) is 16.5. The minimum absolute atomic E-state index is 0.0823. The van der Waals surface area contributed by atoms with E-state index in [-0.39, 0.29) is 23.3 Å². The fourth-order valence-corrected chi connectivity index (χ4v) is 4.03. The van der Waals surface area contributed by atoms with Crippen LogP contribution in [-0.4, -0.2) is 18.2 Å². The van der Waals surface area contributed by atoms with Gasteiger partial charge in [0.1, 0.15) is 5.75 Å². The Hall–Kier alpha value is -2.35. The smallest absolute Gasteiger partial charge is 0.277 e. The Morgan fingerprint density at radius 2 is 2.08 bits per heavy atom. The number of benzene rings is 1. The number of nitrogens with one attached hydrogen (secondary N) is 1. The number of rotatable bonds is 4. The molecule has 1 aromatic rings. The fourth-order valence-electron chi connectivity index (χ4n) is 4.03. The zero-order valence-corrected chi connectivity index (χ0v) is 14.4. The molecule has 1 aromatic carbocycles. The van der Waals surface area contributed by atoms with Crippen molar-refractivity contribution < 1.29 is 9.53 Å². The summed E-state index contributed by atoms with van der Waals surface area (Å²) < 4.78 is 5.42. The highest BCUT2D eigenvalue weighted by Crippen LogP contribution is 2.63. The molecule has 2 atom stereocenters. The maximum Gasteiger partial charge on any atom is 0.277 e. The summed E-state index contributed by atoms with van der Waals surface area (Å²) in [5, 5.41) is 13.2. The van der Waals surface area contributed by atoms with E-state index in [4.69, 9.17) is 10.00 Å². The van der Waals surface area contributed by atoms with Crippen LogP contribution in [0.3, 0.4) is 0 Å². The predicted octanol–water partition coefficient (Wildman–Crippen LogP) is 3.26. The highest BCUT2D eigenvalue weighted by atomic mass is 16.5. The molecule has 24 heavy (non-hydrogen) atoms. The topological polar surface area (TPSA) is 74.5 Å². The van der Waals surface area contributed by atoms with Crippen LogP contribution in [0.1, 0.15) is 45.6 Å². The third-order valence-corrected chi connectivity index (χ3v) is 6.18. The van der Waals surface area contributed by atoms with Crippen LogP contribution in [0.4, 0.5) is 0 Å². The van der Waals surface area contributed by atoms with E-state index in [1.54, 1.807) is 24.3 Å². The molecule has 1 amide bonds. The quantitative estimate of drug-likeness (QED) is 0.863. The van der Waals surface area contributed by atoms with Crippen molar-refractivity contribution in [2.45, 2.75) is 40.0 Å². The Kier molecular flexibility index (Phi) is 4.08. The number of hydrogen-bond acceptors (Lipinski definition) is 4. The highest BCUT2D eigenvalue weighted by molar-refractivity contribution is 5.95. The van der Waals surface area contributed by atoms with Crippen LogP contribution >= 0.6 is 0 Å². The van der Waals surface area contributed by atoms with Crippen molar-refractivity contribution in [2.24, 2.45) is 21.8 Å². The van der Waals surface area contributed by atoms with Crippen LogP contribution < -0.4 is 10.2 Å². The third-order valence-electron chi connectivity index (χ3n) is 6.18. The van der Waals surface area contributed by atoms with E-state index < -0.39 is 0 Å². The molecule has 0 radical (unpaired) electrons. The number of amides is 1. The maximum atomic E-state index is 12.0. The standard InChI is InChI=1S/C19H23N3O2/c1-18(2)14-8-9-19(18,3)16(10-14)21-22-17(23)12-24-15-6-4-13(11-20)5-7-15/h4-7,14H,8-10,12H2,1-3H3,(H,22,23)/b21-16+/t14-,19+/m0/s1. The fraction of sp³-hybridized carbons (Fsp3) is 0.526. The summed E-state index contributed by atoms with van der Waals surface area (Å²) in [4.78, 5) is 12.0. The number of nitrogens with zero attached hydrogens (tertiary/aromatic N) is 2. The van der Waals surface area contributed by atoms with Gasteiger partial charge in [0, 0.05) is 11.1 Å². The number of carbonyl (C=O) groups is 1. The lowest BCUT2D eigenvalue weighted by Crippen LogP contribution is -2.35. The van der Waals surface area contributed by atoms with E-state index >= 15 is 0 Å². The molecule has 2 fully saturated rings. The Morgan fingerprint density at radius 3 is 2.62 bits per heavy atom. The van der Waals surface area contributed by atoms with Crippen molar-refractivity contribution in [1.82, 2.24) is 5.43 Å². The number of fused-ring (bicyclic) bond motifs is 2. The van der Waals surface area contributed by atoms with E-state index in [1.807, 2.05) is 6.07 Å². The van der Waals surface area contributed by atoms with Crippen molar-refractivity contribution in [3.8, 4) is 11.8 Å². The van der Waals surface area contributed by atoms with Crippen LogP contribution in [0.2, 0.25) is 0 Å². The van der Waals surface area contributed by atoms with Crippen molar-refractivity contribution in [3.63, 3.8) is 0 Å². The van der Waals surface area contributed by atoms with Gasteiger partial charge in [0.2, 0.25) is 0 Å². The van der Waals surface area contributed by atoms with Gasteiger partial charge in [-0.25, -0.2) is 5.43 Å². The lowest BCUT2D eigenvalue weighted by Gasteiger charge is -2.34. The Bertz CT molecular complexity index is 715. The molecule has 0 aromatic heterocycles. The average molecular weight is 325 g/mol. The van der Waals surface area contributed by atoms with Crippen molar-refractivity contribution in [3.05, 3.63) is 29.8 Å². The second kappa shape index (κ2) is 5.94. The molecule has 126 valence electrons. The van der Waals surface area contributed by atoms with Gasteiger partial charge in [-0.05, 0) is 54.9 Å². The van der Waals surface area contributed by atoms with Crippen molar-refractivity contribution in [1.29, 1.82) is 5.26 Å². The zero-order valence-electron chi connectivity index (χ0n) is 14.4. The van der Waals surface area contributed by atoms with Gasteiger partial charge in [0.15, 0.2) is 6.61 Å². The Labute approximate surface area is 142 Å². The molecule has 5 nitrogen and oxygen atoms in total. The van der Waals surface area contributed by atoms with E-state index in [9.17, 15) is 4.79 Å². The molecule has 2 saturated carbocycles. The molecule has 2 aliphatic rings. The summed E-state index contributed by atoms with van der Waals surface area (Å²) in [5.41, 5.74) is 4.63. The molecule has 2 bridgehead atoms. The van der Waals surface area contributed by atoms with Crippen LogP contribution in [0.15, 0.2) is 29.4 Å². The van der Waals surface area contributed by atoms with E-state index in [2.05, 4.69) is 31.3 Å². The average Bonchev–Trinajstić information content (AvgIpc) is 2.91. The maximum absolute atomic E-state index is 12.0. The van der Waals surface area contributed by atoms with Gasteiger partial charge in [-0.3, -0.25) is 4.79 Å². The van der Waals surface area contributed by atoms with Crippen LogP contribution in [-0.2, 0) is 4.79 Å². The Balaban J connectivity index is 1.55. The first-order valence-corrected chi connectivity index (χ1v) is 8.35. The van der Waals surface area contributed by atoms with Gasteiger partial charge >= 0.3 is 0 Å². The molecular weight excluding hydrogens is 302 g/mol. The minimum Gasteiger partial charge on any atom is -0.484 e. The summed E-state index contributed by atoms with van der Waals surface area (Å²) in [5.74, 6) is 0.953. The first-order chi connectivity index (χ1) is 11.4.